The number of anilines is 1. The van der Waals surface area contributed by atoms with E-state index in [9.17, 15) is 4.79 Å². The molecule has 0 unspecified atom stereocenters. The third-order valence-corrected chi connectivity index (χ3v) is 2.80. The van der Waals surface area contributed by atoms with Crippen LogP contribution in [0.1, 0.15) is 16.1 Å². The van der Waals surface area contributed by atoms with Crippen LogP contribution in [0.4, 0.5) is 5.69 Å². The number of hydrogen-bond donors (Lipinski definition) is 1. The number of nitrogens with zero attached hydrogens (tertiary/aromatic N) is 1. The molecule has 0 bridgehead atoms. The summed E-state index contributed by atoms with van der Waals surface area (Å²) in [5, 5.41) is 3.30. The molecule has 0 radical (unpaired) electrons. The molecule has 4 nitrogen and oxygen atoms in total. The van der Waals surface area contributed by atoms with E-state index >= 15 is 0 Å². The van der Waals surface area contributed by atoms with E-state index in [0.29, 0.717) is 22.0 Å². The Bertz CT molecular complexity index is 614. The van der Waals surface area contributed by atoms with Gasteiger partial charge in [-0.25, -0.2) is 0 Å². The van der Waals surface area contributed by atoms with Gasteiger partial charge < -0.3 is 10.1 Å². The minimum Gasteiger partial charge on any atom is -0.495 e. The van der Waals surface area contributed by atoms with Crippen LogP contribution in [0.3, 0.4) is 0 Å². The summed E-state index contributed by atoms with van der Waals surface area (Å²) in [5.74, 6) is 0.328. The van der Waals surface area contributed by atoms with Gasteiger partial charge >= 0.3 is 0 Å². The monoisotopic (exact) mass is 276 g/mol. The molecule has 0 atom stereocenters. The van der Waals surface area contributed by atoms with E-state index in [4.69, 9.17) is 16.3 Å². The van der Waals surface area contributed by atoms with Gasteiger partial charge in [0.05, 0.1) is 12.8 Å². The van der Waals surface area contributed by atoms with Crippen LogP contribution < -0.4 is 10.1 Å². The Hall–Kier alpha value is -2.07. The van der Waals surface area contributed by atoms with Crippen molar-refractivity contribution in [2.45, 2.75) is 6.92 Å². The lowest BCUT2D eigenvalue weighted by Crippen LogP contribution is -2.13. The predicted octanol–water partition coefficient (Wildman–Crippen LogP) is 3.30. The minimum atomic E-state index is -0.230. The molecule has 2 aromatic rings. The van der Waals surface area contributed by atoms with Gasteiger partial charge in [0, 0.05) is 22.5 Å². The summed E-state index contributed by atoms with van der Waals surface area (Å²) in [6, 6.07) is 8.42. The first-order valence-electron chi connectivity index (χ1n) is 5.67. The average molecular weight is 277 g/mol. The minimum absolute atomic E-state index is 0.230. The van der Waals surface area contributed by atoms with E-state index < -0.39 is 0 Å². The highest BCUT2D eigenvalue weighted by Crippen LogP contribution is 2.28. The smallest absolute Gasteiger partial charge is 0.255 e. The standard InChI is InChI=1S/C14H13ClN2O2/c1-9-7-10(5-6-16-9)14(18)17-12-8-11(15)3-4-13(12)19-2/h3-8H,1-2H3,(H,17,18). The number of halogens is 1. The van der Waals surface area contributed by atoms with E-state index in [1.54, 1.807) is 36.5 Å². The molecule has 0 saturated heterocycles. The molecule has 0 aliphatic heterocycles. The van der Waals surface area contributed by atoms with Crippen molar-refractivity contribution in [1.29, 1.82) is 0 Å². The molecule has 19 heavy (non-hydrogen) atoms. The third-order valence-electron chi connectivity index (χ3n) is 2.57. The number of carbonyl (C=O) groups is 1. The number of ether oxygens (including phenoxy) is 1. The van der Waals surface area contributed by atoms with Gasteiger partial charge in [-0.3, -0.25) is 9.78 Å². The zero-order valence-electron chi connectivity index (χ0n) is 10.6. The van der Waals surface area contributed by atoms with Crippen LogP contribution in [0.5, 0.6) is 5.75 Å². The predicted molar refractivity (Wildman–Crippen MR) is 74.9 cm³/mol. The first kappa shape index (κ1) is 13.4. The van der Waals surface area contributed by atoms with Crippen LogP contribution >= 0.6 is 11.6 Å². The van der Waals surface area contributed by atoms with Gasteiger partial charge in [-0.1, -0.05) is 11.6 Å². The summed E-state index contributed by atoms with van der Waals surface area (Å²) in [6.45, 7) is 1.83. The Labute approximate surface area is 116 Å². The van der Waals surface area contributed by atoms with E-state index in [0.717, 1.165) is 5.69 Å². The number of carbonyl (C=O) groups excluding carboxylic acids is 1. The van der Waals surface area contributed by atoms with E-state index in [-0.39, 0.29) is 5.91 Å². The van der Waals surface area contributed by atoms with Gasteiger partial charge in [0.1, 0.15) is 5.75 Å². The van der Waals surface area contributed by atoms with Crippen LogP contribution in [-0.2, 0) is 0 Å². The first-order chi connectivity index (χ1) is 9.10. The Balaban J connectivity index is 2.26. The number of hydrogen-bond acceptors (Lipinski definition) is 3. The number of pyridine rings is 1. The SMILES string of the molecule is COc1ccc(Cl)cc1NC(=O)c1ccnc(C)c1. The van der Waals surface area contributed by atoms with Crippen LogP contribution in [-0.4, -0.2) is 18.0 Å². The maximum atomic E-state index is 12.1. The maximum absolute atomic E-state index is 12.1. The topological polar surface area (TPSA) is 51.2 Å². The number of aryl methyl sites for hydroxylation is 1. The number of nitrogens with one attached hydrogen (secondary N) is 1. The van der Waals surface area contributed by atoms with Gasteiger partial charge in [-0.15, -0.1) is 0 Å². The molecule has 0 spiro atoms. The number of methoxy groups -OCH3 is 1. The molecule has 1 aromatic carbocycles. The molecular weight excluding hydrogens is 264 g/mol. The second-order valence-electron chi connectivity index (χ2n) is 3.98. The second-order valence-corrected chi connectivity index (χ2v) is 4.42. The van der Waals surface area contributed by atoms with Crippen molar-refractivity contribution in [3.63, 3.8) is 0 Å². The number of benzene rings is 1. The zero-order valence-corrected chi connectivity index (χ0v) is 11.4. The van der Waals surface area contributed by atoms with E-state index in [2.05, 4.69) is 10.3 Å². The maximum Gasteiger partial charge on any atom is 0.255 e. The van der Waals surface area contributed by atoms with Crippen molar-refractivity contribution in [2.75, 3.05) is 12.4 Å². The fraction of sp³-hybridized carbons (Fsp3) is 0.143. The number of amides is 1. The fourth-order valence-electron chi connectivity index (χ4n) is 1.66. The molecule has 98 valence electrons. The second kappa shape index (κ2) is 5.71. The fourth-order valence-corrected chi connectivity index (χ4v) is 1.83. The molecule has 1 heterocycles. The van der Waals surface area contributed by atoms with E-state index in [1.807, 2.05) is 6.92 Å². The third kappa shape index (κ3) is 3.23. The van der Waals surface area contributed by atoms with Crippen molar-refractivity contribution in [2.24, 2.45) is 0 Å². The lowest BCUT2D eigenvalue weighted by Gasteiger charge is -2.10. The van der Waals surface area contributed by atoms with Crippen LogP contribution in [0.2, 0.25) is 5.02 Å². The molecule has 5 heteroatoms. The van der Waals surface area contributed by atoms with Crippen molar-refractivity contribution >= 4 is 23.2 Å². The zero-order chi connectivity index (χ0) is 13.8. The molecule has 0 fully saturated rings. The Morgan fingerprint density at radius 2 is 2.11 bits per heavy atom. The first-order valence-corrected chi connectivity index (χ1v) is 6.05. The highest BCUT2D eigenvalue weighted by molar-refractivity contribution is 6.31. The van der Waals surface area contributed by atoms with Gasteiger partial charge in [-0.05, 0) is 37.3 Å². The normalized spacial score (nSPS) is 10.1. The quantitative estimate of drug-likeness (QED) is 0.936. The molecule has 1 aromatic heterocycles. The molecule has 1 N–H and O–H groups in total. The average Bonchev–Trinajstić information content (AvgIpc) is 2.39. The summed E-state index contributed by atoms with van der Waals surface area (Å²) < 4.78 is 5.18. The summed E-state index contributed by atoms with van der Waals surface area (Å²) in [6.07, 6.45) is 1.60. The molecule has 0 saturated carbocycles. The molecule has 0 aliphatic carbocycles. The molecular formula is C14H13ClN2O2. The molecule has 0 aliphatic rings. The van der Waals surface area contributed by atoms with Gasteiger partial charge in [0.15, 0.2) is 0 Å². The lowest BCUT2D eigenvalue weighted by molar-refractivity contribution is 0.102. The molecule has 2 rings (SSSR count). The summed E-state index contributed by atoms with van der Waals surface area (Å²) in [7, 11) is 1.54. The van der Waals surface area contributed by atoms with Crippen molar-refractivity contribution < 1.29 is 9.53 Å². The Kier molecular flexibility index (Phi) is 4.02. The van der Waals surface area contributed by atoms with Crippen molar-refractivity contribution in [3.8, 4) is 5.75 Å². The lowest BCUT2D eigenvalue weighted by atomic mass is 10.2. The van der Waals surface area contributed by atoms with Crippen LogP contribution in [0, 0.1) is 6.92 Å². The van der Waals surface area contributed by atoms with Gasteiger partial charge in [0.25, 0.3) is 5.91 Å². The highest BCUT2D eigenvalue weighted by atomic mass is 35.5. The van der Waals surface area contributed by atoms with Crippen molar-refractivity contribution in [3.05, 3.63) is 52.8 Å². The van der Waals surface area contributed by atoms with Crippen molar-refractivity contribution in [1.82, 2.24) is 4.98 Å². The number of aromatic nitrogens is 1. The Morgan fingerprint density at radius 1 is 1.32 bits per heavy atom. The Morgan fingerprint density at radius 3 is 2.79 bits per heavy atom. The van der Waals surface area contributed by atoms with Gasteiger partial charge in [-0.2, -0.15) is 0 Å². The van der Waals surface area contributed by atoms with Crippen LogP contribution in [0.25, 0.3) is 0 Å². The summed E-state index contributed by atoms with van der Waals surface area (Å²) >= 11 is 5.91. The van der Waals surface area contributed by atoms with Gasteiger partial charge in [0.2, 0.25) is 0 Å². The van der Waals surface area contributed by atoms with Crippen LogP contribution in [0.15, 0.2) is 36.5 Å². The van der Waals surface area contributed by atoms with E-state index in [1.165, 1.54) is 7.11 Å². The summed E-state index contributed by atoms with van der Waals surface area (Å²) in [5.41, 5.74) is 1.86. The largest absolute Gasteiger partial charge is 0.495 e. The summed E-state index contributed by atoms with van der Waals surface area (Å²) in [4.78, 5) is 16.2. The number of rotatable bonds is 3. The molecule has 1 amide bonds. The highest BCUT2D eigenvalue weighted by Gasteiger charge is 2.10.